The minimum absolute atomic E-state index is 0.114. The van der Waals surface area contributed by atoms with Gasteiger partial charge in [0.15, 0.2) is 0 Å². The van der Waals surface area contributed by atoms with Crippen molar-refractivity contribution < 1.29 is 4.74 Å². The molecule has 1 N–H and O–H groups in total. The molecule has 5 heteroatoms. The predicted octanol–water partition coefficient (Wildman–Crippen LogP) is 5.24. The van der Waals surface area contributed by atoms with Crippen LogP contribution in [0.2, 0.25) is 0 Å². The molecule has 1 unspecified atom stereocenters. The van der Waals surface area contributed by atoms with Gasteiger partial charge in [-0.1, -0.05) is 36.4 Å². The highest BCUT2D eigenvalue weighted by atomic mass is 16.5. The quantitative estimate of drug-likeness (QED) is 0.469. The summed E-state index contributed by atoms with van der Waals surface area (Å²) >= 11 is 0. The molecule has 0 fully saturated rings. The number of rotatable bonds is 6. The lowest BCUT2D eigenvalue weighted by Crippen LogP contribution is -2.36. The van der Waals surface area contributed by atoms with Crippen LogP contribution in [-0.4, -0.2) is 32.8 Å². The average molecular weight is 415 g/mol. The number of H-pyrrole nitrogens is 1. The zero-order valence-corrected chi connectivity index (χ0v) is 18.6. The van der Waals surface area contributed by atoms with E-state index in [2.05, 4.69) is 83.6 Å². The first kappa shape index (κ1) is 19.9. The van der Waals surface area contributed by atoms with Crippen LogP contribution in [0.4, 0.5) is 0 Å². The van der Waals surface area contributed by atoms with Crippen molar-refractivity contribution in [1.82, 2.24) is 19.7 Å². The summed E-state index contributed by atoms with van der Waals surface area (Å²) < 4.78 is 8.10. The van der Waals surface area contributed by atoms with Gasteiger partial charge in [-0.25, -0.2) is 0 Å². The van der Waals surface area contributed by atoms with E-state index >= 15 is 0 Å². The second-order valence-corrected chi connectivity index (χ2v) is 8.25. The molecular weight excluding hydrogens is 384 g/mol. The summed E-state index contributed by atoms with van der Waals surface area (Å²) in [6.45, 7) is 9.71. The van der Waals surface area contributed by atoms with Gasteiger partial charge >= 0.3 is 0 Å². The van der Waals surface area contributed by atoms with Gasteiger partial charge in [-0.15, -0.1) is 0 Å². The van der Waals surface area contributed by atoms with Gasteiger partial charge < -0.3 is 9.72 Å². The second kappa shape index (κ2) is 8.23. The fourth-order valence-electron chi connectivity index (χ4n) is 4.90. The Hall–Kier alpha value is -3.05. The van der Waals surface area contributed by atoms with Crippen molar-refractivity contribution in [2.75, 3.05) is 13.2 Å². The molecule has 31 heavy (non-hydrogen) atoms. The Kier molecular flexibility index (Phi) is 5.28. The number of hydrogen-bond acceptors (Lipinski definition) is 3. The van der Waals surface area contributed by atoms with Gasteiger partial charge in [0.05, 0.1) is 18.3 Å². The number of aromatic nitrogens is 3. The molecule has 2 aromatic carbocycles. The van der Waals surface area contributed by atoms with Gasteiger partial charge in [-0.3, -0.25) is 9.58 Å². The van der Waals surface area contributed by atoms with Crippen molar-refractivity contribution in [3.8, 4) is 5.75 Å². The number of aryl methyl sites for hydroxylation is 2. The highest BCUT2D eigenvalue weighted by molar-refractivity contribution is 5.85. The Balaban J connectivity index is 1.63. The van der Waals surface area contributed by atoms with Gasteiger partial charge in [0.25, 0.3) is 0 Å². The fraction of sp³-hybridized carbons (Fsp3) is 0.346. The molecule has 0 saturated heterocycles. The summed E-state index contributed by atoms with van der Waals surface area (Å²) in [6.07, 6.45) is 3.23. The molecule has 5 nitrogen and oxygen atoms in total. The summed E-state index contributed by atoms with van der Waals surface area (Å²) in [5, 5.41) is 6.01. The summed E-state index contributed by atoms with van der Waals surface area (Å²) in [7, 11) is 0. The Labute approximate surface area is 183 Å². The van der Waals surface area contributed by atoms with Crippen molar-refractivity contribution in [2.45, 2.75) is 46.3 Å². The maximum absolute atomic E-state index is 6.07. The van der Waals surface area contributed by atoms with Crippen molar-refractivity contribution >= 4 is 10.9 Å². The minimum atomic E-state index is 0.114. The van der Waals surface area contributed by atoms with Crippen LogP contribution < -0.4 is 4.74 Å². The molecule has 0 saturated carbocycles. The van der Waals surface area contributed by atoms with Gasteiger partial charge in [0.1, 0.15) is 5.75 Å². The molecule has 5 rings (SSSR count). The lowest BCUT2D eigenvalue weighted by Gasteiger charge is -2.36. The number of aromatic amines is 1. The van der Waals surface area contributed by atoms with Crippen molar-refractivity contribution in [1.29, 1.82) is 0 Å². The predicted molar refractivity (Wildman–Crippen MR) is 125 cm³/mol. The van der Waals surface area contributed by atoms with Gasteiger partial charge in [-0.05, 0) is 44.9 Å². The van der Waals surface area contributed by atoms with Crippen LogP contribution in [0.15, 0.2) is 54.7 Å². The Morgan fingerprint density at radius 1 is 1.10 bits per heavy atom. The van der Waals surface area contributed by atoms with Crippen molar-refractivity contribution in [3.05, 3.63) is 82.8 Å². The number of fused-ring (bicyclic) bond motifs is 3. The standard InChI is InChI=1S/C26H30N4O/c1-4-30-17-19(18(3)28-30)16-29-15-14-21-20-10-6-8-12-23(20)27-25(21)26(29)22-11-7-9-13-24(22)31-5-2/h6-13,17,26-27H,4-5,14-16H2,1-3H3. The molecule has 0 bridgehead atoms. The third kappa shape index (κ3) is 3.53. The van der Waals surface area contributed by atoms with E-state index in [1.165, 1.54) is 33.3 Å². The molecule has 4 aromatic rings. The first-order valence-electron chi connectivity index (χ1n) is 11.3. The summed E-state index contributed by atoms with van der Waals surface area (Å²) in [5.41, 5.74) is 7.56. The maximum atomic E-state index is 6.07. The number of nitrogens with zero attached hydrogens (tertiary/aromatic N) is 3. The highest BCUT2D eigenvalue weighted by Crippen LogP contribution is 2.42. The molecule has 0 aliphatic carbocycles. The van der Waals surface area contributed by atoms with E-state index in [1.54, 1.807) is 0 Å². The summed E-state index contributed by atoms with van der Waals surface area (Å²) in [6, 6.07) is 17.3. The first-order valence-corrected chi connectivity index (χ1v) is 11.3. The van der Waals surface area contributed by atoms with E-state index in [-0.39, 0.29) is 6.04 Å². The molecule has 160 valence electrons. The number of nitrogens with one attached hydrogen (secondary N) is 1. The number of para-hydroxylation sites is 2. The molecule has 0 radical (unpaired) electrons. The van der Waals surface area contributed by atoms with E-state index in [1.807, 2.05) is 11.6 Å². The SMILES string of the molecule is CCOc1ccccc1C1c2[nH]c3ccccc3c2CCN1Cc1cn(CC)nc1C. The smallest absolute Gasteiger partial charge is 0.124 e. The van der Waals surface area contributed by atoms with Crippen LogP contribution >= 0.6 is 0 Å². The zero-order valence-electron chi connectivity index (χ0n) is 18.6. The molecule has 0 amide bonds. The van der Waals surface area contributed by atoms with E-state index in [4.69, 9.17) is 4.74 Å². The molecule has 1 atom stereocenters. The normalized spacial score (nSPS) is 16.5. The lowest BCUT2D eigenvalue weighted by molar-refractivity contribution is 0.196. The Bertz CT molecular complexity index is 1210. The monoisotopic (exact) mass is 414 g/mol. The minimum Gasteiger partial charge on any atom is -0.494 e. The fourth-order valence-corrected chi connectivity index (χ4v) is 4.90. The third-order valence-electron chi connectivity index (χ3n) is 6.39. The zero-order chi connectivity index (χ0) is 21.4. The van der Waals surface area contributed by atoms with E-state index in [9.17, 15) is 0 Å². The van der Waals surface area contributed by atoms with Gasteiger partial charge in [0, 0.05) is 53.6 Å². The van der Waals surface area contributed by atoms with Crippen LogP contribution in [0.3, 0.4) is 0 Å². The second-order valence-electron chi connectivity index (χ2n) is 8.25. The molecule has 2 aromatic heterocycles. The largest absolute Gasteiger partial charge is 0.494 e. The van der Waals surface area contributed by atoms with Crippen LogP contribution in [0, 0.1) is 6.92 Å². The van der Waals surface area contributed by atoms with Crippen molar-refractivity contribution in [3.63, 3.8) is 0 Å². The first-order chi connectivity index (χ1) is 15.2. The number of ether oxygens (including phenoxy) is 1. The third-order valence-corrected chi connectivity index (χ3v) is 6.39. The maximum Gasteiger partial charge on any atom is 0.124 e. The molecule has 1 aliphatic rings. The number of benzene rings is 2. The molecule has 1 aliphatic heterocycles. The van der Waals surface area contributed by atoms with Gasteiger partial charge in [-0.2, -0.15) is 5.10 Å². The van der Waals surface area contributed by atoms with E-state index in [0.29, 0.717) is 6.61 Å². The summed E-state index contributed by atoms with van der Waals surface area (Å²) in [5.74, 6) is 0.965. The van der Waals surface area contributed by atoms with E-state index in [0.717, 1.165) is 37.5 Å². The Morgan fingerprint density at radius 3 is 2.71 bits per heavy atom. The average Bonchev–Trinajstić information content (AvgIpc) is 3.34. The molecule has 0 spiro atoms. The van der Waals surface area contributed by atoms with E-state index < -0.39 is 0 Å². The van der Waals surface area contributed by atoms with Gasteiger partial charge in [0.2, 0.25) is 0 Å². The van der Waals surface area contributed by atoms with Crippen LogP contribution in [0.25, 0.3) is 10.9 Å². The molecule has 3 heterocycles. The topological polar surface area (TPSA) is 46.1 Å². The lowest BCUT2D eigenvalue weighted by atomic mass is 9.91. The highest BCUT2D eigenvalue weighted by Gasteiger charge is 2.33. The Morgan fingerprint density at radius 2 is 1.90 bits per heavy atom. The van der Waals surface area contributed by atoms with Crippen LogP contribution in [0.5, 0.6) is 5.75 Å². The summed E-state index contributed by atoms with van der Waals surface area (Å²) in [4.78, 5) is 6.33. The van der Waals surface area contributed by atoms with Crippen molar-refractivity contribution in [2.24, 2.45) is 0 Å². The van der Waals surface area contributed by atoms with Crippen LogP contribution in [-0.2, 0) is 19.5 Å². The van der Waals surface area contributed by atoms with Crippen LogP contribution in [0.1, 0.15) is 48.0 Å². The number of hydrogen-bond donors (Lipinski definition) is 1. The molecular formula is C26H30N4O.